The molecule has 0 unspecified atom stereocenters. The van der Waals surface area contributed by atoms with E-state index in [0.29, 0.717) is 24.2 Å². The lowest BCUT2D eigenvalue weighted by Crippen LogP contribution is -2.30. The molecule has 0 saturated heterocycles. The largest absolute Gasteiger partial charge is 0.496 e. The lowest BCUT2D eigenvalue weighted by atomic mass is 10.1. The van der Waals surface area contributed by atoms with Crippen molar-refractivity contribution in [2.75, 3.05) is 7.11 Å². The van der Waals surface area contributed by atoms with Crippen LogP contribution in [0.25, 0.3) is 0 Å². The first-order chi connectivity index (χ1) is 13.3. The Kier molecular flexibility index (Phi) is 5.76. The van der Waals surface area contributed by atoms with Gasteiger partial charge < -0.3 is 14.6 Å². The Balaban J connectivity index is 1.88. The van der Waals surface area contributed by atoms with Gasteiger partial charge in [0.2, 0.25) is 0 Å². The van der Waals surface area contributed by atoms with Crippen molar-refractivity contribution >= 4 is 5.91 Å². The third kappa shape index (κ3) is 4.21. The number of pyridine rings is 1. The summed E-state index contributed by atoms with van der Waals surface area (Å²) in [5.74, 6) is -0.292. The minimum Gasteiger partial charge on any atom is -0.496 e. The molecule has 1 aromatic heterocycles. The Morgan fingerprint density at radius 3 is 2.71 bits per heavy atom. The Morgan fingerprint density at radius 2 is 2.00 bits per heavy atom. The average molecular weight is 394 g/mol. The van der Waals surface area contributed by atoms with Crippen LogP contribution in [0.3, 0.4) is 0 Å². The number of carbonyl (C=O) groups excluding carboxylic acids is 1. The zero-order valence-electron chi connectivity index (χ0n) is 15.4. The zero-order valence-corrected chi connectivity index (χ0v) is 15.4. The van der Waals surface area contributed by atoms with Crippen LogP contribution in [0, 0.1) is 0 Å². The number of hydrogen-bond donors (Lipinski definition) is 1. The highest BCUT2D eigenvalue weighted by atomic mass is 19.4. The Labute approximate surface area is 160 Å². The molecule has 1 aliphatic heterocycles. The van der Waals surface area contributed by atoms with E-state index in [1.807, 2.05) is 0 Å². The highest BCUT2D eigenvalue weighted by Crippen LogP contribution is 2.29. The predicted octanol–water partition coefficient (Wildman–Crippen LogP) is 3.53. The van der Waals surface area contributed by atoms with Crippen LogP contribution in [-0.4, -0.2) is 17.6 Å². The Bertz CT molecular complexity index is 935. The fourth-order valence-electron chi connectivity index (χ4n) is 3.45. The summed E-state index contributed by atoms with van der Waals surface area (Å²) in [6, 6.07) is 6.10. The van der Waals surface area contributed by atoms with Gasteiger partial charge >= 0.3 is 6.18 Å². The number of hydrogen-bond acceptors (Lipinski definition) is 3. The van der Waals surface area contributed by atoms with Crippen LogP contribution < -0.4 is 15.6 Å². The number of aromatic nitrogens is 1. The molecule has 8 heteroatoms. The molecule has 0 atom stereocenters. The number of amides is 1. The lowest BCUT2D eigenvalue weighted by Gasteiger charge is -2.17. The van der Waals surface area contributed by atoms with Crippen LogP contribution in [0.1, 0.15) is 46.4 Å². The zero-order chi connectivity index (χ0) is 20.3. The molecule has 150 valence electrons. The second-order valence-corrected chi connectivity index (χ2v) is 6.72. The molecular weight excluding hydrogens is 373 g/mol. The second-order valence-electron chi connectivity index (χ2n) is 6.72. The number of fused-ring (bicyclic) bond motifs is 1. The number of methoxy groups -OCH3 is 1. The molecule has 3 rings (SSSR count). The fraction of sp³-hybridized carbons (Fsp3) is 0.400. The minimum atomic E-state index is -4.44. The molecule has 0 bridgehead atoms. The maximum absolute atomic E-state index is 12.9. The molecule has 2 aromatic rings. The first-order valence-electron chi connectivity index (χ1n) is 9.06. The highest BCUT2D eigenvalue weighted by Gasteiger charge is 2.30. The molecule has 1 amide bonds. The van der Waals surface area contributed by atoms with Gasteiger partial charge in [0.1, 0.15) is 11.3 Å². The molecular formula is C20H21F3N2O3. The number of alkyl halides is 3. The normalized spacial score (nSPS) is 14.1. The first kappa shape index (κ1) is 20.0. The van der Waals surface area contributed by atoms with Crippen molar-refractivity contribution in [1.82, 2.24) is 9.88 Å². The average Bonchev–Trinajstić information content (AvgIpc) is 2.92. The molecule has 0 aliphatic carbocycles. The van der Waals surface area contributed by atoms with Crippen molar-refractivity contribution in [3.63, 3.8) is 0 Å². The standard InChI is InChI=1S/C20H21F3N2O3/c1-28-16-11-17(26)25-9-4-2-3-8-15(25)18(16)19(27)24-12-13-6-5-7-14(10-13)20(21,22)23/h5-7,10-11H,2-4,8-9,12H2,1H3,(H,24,27). The summed E-state index contributed by atoms with van der Waals surface area (Å²) in [5.41, 5.74) is 0.237. The van der Waals surface area contributed by atoms with Crippen LogP contribution in [0.15, 0.2) is 35.1 Å². The fourth-order valence-corrected chi connectivity index (χ4v) is 3.45. The van der Waals surface area contributed by atoms with Crippen molar-refractivity contribution in [2.45, 2.75) is 44.9 Å². The van der Waals surface area contributed by atoms with E-state index in [1.54, 1.807) is 4.57 Å². The molecule has 2 heterocycles. The number of ether oxygens (including phenoxy) is 1. The lowest BCUT2D eigenvalue weighted by molar-refractivity contribution is -0.137. The van der Waals surface area contributed by atoms with Gasteiger partial charge in [-0.3, -0.25) is 9.59 Å². The summed E-state index contributed by atoms with van der Waals surface area (Å²) < 4.78 is 45.4. The van der Waals surface area contributed by atoms with Crippen LogP contribution in [-0.2, 0) is 25.7 Å². The number of benzene rings is 1. The molecule has 5 nitrogen and oxygen atoms in total. The molecule has 0 spiro atoms. The summed E-state index contributed by atoms with van der Waals surface area (Å²) in [6.07, 6.45) is -1.22. The van der Waals surface area contributed by atoms with Gasteiger partial charge in [-0.25, -0.2) is 0 Å². The smallest absolute Gasteiger partial charge is 0.416 e. The van der Waals surface area contributed by atoms with E-state index >= 15 is 0 Å². The van der Waals surface area contributed by atoms with E-state index in [-0.39, 0.29) is 23.4 Å². The summed E-state index contributed by atoms with van der Waals surface area (Å²) in [4.78, 5) is 25.2. The third-order valence-corrected chi connectivity index (χ3v) is 4.83. The minimum absolute atomic E-state index is 0.0650. The van der Waals surface area contributed by atoms with E-state index in [4.69, 9.17) is 4.74 Å². The van der Waals surface area contributed by atoms with Crippen LogP contribution in [0.4, 0.5) is 13.2 Å². The van der Waals surface area contributed by atoms with E-state index in [1.165, 1.54) is 25.3 Å². The number of halogens is 3. The van der Waals surface area contributed by atoms with E-state index in [2.05, 4.69) is 5.32 Å². The third-order valence-electron chi connectivity index (χ3n) is 4.83. The van der Waals surface area contributed by atoms with Crippen LogP contribution >= 0.6 is 0 Å². The quantitative estimate of drug-likeness (QED) is 0.863. The van der Waals surface area contributed by atoms with E-state index < -0.39 is 17.6 Å². The van der Waals surface area contributed by atoms with Crippen LogP contribution in [0.2, 0.25) is 0 Å². The molecule has 1 aromatic carbocycles. The topological polar surface area (TPSA) is 60.3 Å². The molecule has 0 fully saturated rings. The first-order valence-corrected chi connectivity index (χ1v) is 9.06. The van der Waals surface area contributed by atoms with Gasteiger partial charge in [0.05, 0.1) is 12.7 Å². The number of rotatable bonds is 4. The van der Waals surface area contributed by atoms with Gasteiger partial charge in [-0.15, -0.1) is 0 Å². The molecule has 1 aliphatic rings. The maximum Gasteiger partial charge on any atom is 0.416 e. The molecule has 0 radical (unpaired) electrons. The van der Waals surface area contributed by atoms with Gasteiger partial charge in [0, 0.05) is 24.8 Å². The summed E-state index contributed by atoms with van der Waals surface area (Å²) in [7, 11) is 1.38. The maximum atomic E-state index is 12.9. The molecule has 1 N–H and O–H groups in total. The van der Waals surface area contributed by atoms with Crippen molar-refractivity contribution < 1.29 is 22.7 Å². The molecule has 28 heavy (non-hydrogen) atoms. The Hall–Kier alpha value is -2.77. The number of carbonyl (C=O) groups is 1. The molecule has 0 saturated carbocycles. The Morgan fingerprint density at radius 1 is 1.21 bits per heavy atom. The monoisotopic (exact) mass is 394 g/mol. The summed E-state index contributed by atoms with van der Waals surface area (Å²) >= 11 is 0. The van der Waals surface area contributed by atoms with Gasteiger partial charge in [-0.1, -0.05) is 18.6 Å². The predicted molar refractivity (Wildman–Crippen MR) is 97.4 cm³/mol. The number of nitrogens with one attached hydrogen (secondary N) is 1. The second kappa shape index (κ2) is 8.08. The van der Waals surface area contributed by atoms with Gasteiger partial charge in [0.15, 0.2) is 0 Å². The van der Waals surface area contributed by atoms with Gasteiger partial charge in [-0.05, 0) is 37.0 Å². The van der Waals surface area contributed by atoms with Crippen molar-refractivity contribution in [3.8, 4) is 5.75 Å². The van der Waals surface area contributed by atoms with Gasteiger partial charge in [0.25, 0.3) is 11.5 Å². The van der Waals surface area contributed by atoms with Crippen molar-refractivity contribution in [3.05, 3.63) is 63.1 Å². The summed E-state index contributed by atoms with van der Waals surface area (Å²) in [6.45, 7) is 0.469. The van der Waals surface area contributed by atoms with E-state index in [9.17, 15) is 22.8 Å². The number of nitrogens with zero attached hydrogens (tertiary/aromatic N) is 1. The van der Waals surface area contributed by atoms with E-state index in [0.717, 1.165) is 31.4 Å². The van der Waals surface area contributed by atoms with Gasteiger partial charge in [-0.2, -0.15) is 13.2 Å². The SMILES string of the molecule is COc1cc(=O)n2c(c1C(=O)NCc1cccc(C(F)(F)F)c1)CCCCC2. The summed E-state index contributed by atoms with van der Waals surface area (Å²) in [5, 5.41) is 2.66. The van der Waals surface area contributed by atoms with Crippen LogP contribution in [0.5, 0.6) is 5.75 Å². The van der Waals surface area contributed by atoms with Crippen molar-refractivity contribution in [1.29, 1.82) is 0 Å². The van der Waals surface area contributed by atoms with Crippen molar-refractivity contribution in [2.24, 2.45) is 0 Å². The highest BCUT2D eigenvalue weighted by molar-refractivity contribution is 5.98.